The van der Waals surface area contributed by atoms with Gasteiger partial charge in [-0.25, -0.2) is 4.79 Å². The molecule has 2 heterocycles. The summed E-state index contributed by atoms with van der Waals surface area (Å²) in [6, 6.07) is 2.31. The highest BCUT2D eigenvalue weighted by molar-refractivity contribution is 6.02. The van der Waals surface area contributed by atoms with Gasteiger partial charge in [0.15, 0.2) is 17.6 Å². The molecule has 3 rings (SSSR count). The Kier molecular flexibility index (Phi) is 4.13. The van der Waals surface area contributed by atoms with Crippen molar-refractivity contribution in [2.75, 3.05) is 13.3 Å². The Morgan fingerprint density at radius 1 is 1.28 bits per heavy atom. The Labute approximate surface area is 139 Å². The Morgan fingerprint density at radius 3 is 2.44 bits per heavy atom. The number of carbonyl (C=O) groups excluding carboxylic acids is 2. The number of benzene rings is 1. The number of nitrogens with zero attached hydrogens (tertiary/aromatic N) is 2. The van der Waals surface area contributed by atoms with Gasteiger partial charge in [-0.1, -0.05) is 0 Å². The van der Waals surface area contributed by atoms with Gasteiger partial charge in [0, 0.05) is 12.8 Å². The monoisotopic (exact) mass is 352 g/mol. The summed E-state index contributed by atoms with van der Waals surface area (Å²) in [6.45, 7) is -0.589. The molecule has 11 heteroatoms. The van der Waals surface area contributed by atoms with Gasteiger partial charge in [-0.05, 0) is 6.07 Å². The molecule has 1 aromatic rings. The highest BCUT2D eigenvalue weighted by atomic mass is 16.7. The summed E-state index contributed by atoms with van der Waals surface area (Å²) >= 11 is 0. The summed E-state index contributed by atoms with van der Waals surface area (Å²) < 4.78 is 14.9. The molecular weight excluding hydrogens is 340 g/mol. The minimum Gasteiger partial charge on any atom is -0.454 e. The van der Waals surface area contributed by atoms with Gasteiger partial charge in [-0.3, -0.25) is 24.6 Å². The van der Waals surface area contributed by atoms with Crippen LogP contribution in [0.25, 0.3) is 0 Å². The molecule has 2 aliphatic rings. The summed E-state index contributed by atoms with van der Waals surface area (Å²) in [5.41, 5.74) is -0.598. The third-order valence-corrected chi connectivity index (χ3v) is 3.81. The van der Waals surface area contributed by atoms with Crippen LogP contribution in [0.5, 0.6) is 11.5 Å². The van der Waals surface area contributed by atoms with E-state index in [1.807, 2.05) is 0 Å². The average molecular weight is 352 g/mol. The number of imide groups is 1. The molecule has 2 amide bonds. The summed E-state index contributed by atoms with van der Waals surface area (Å²) in [5.74, 6) is -0.670. The van der Waals surface area contributed by atoms with E-state index in [1.165, 1.54) is 6.07 Å². The van der Waals surface area contributed by atoms with Crippen molar-refractivity contribution in [2.45, 2.75) is 18.9 Å². The van der Waals surface area contributed by atoms with E-state index in [0.29, 0.717) is 0 Å². The number of amides is 2. The molecule has 25 heavy (non-hydrogen) atoms. The van der Waals surface area contributed by atoms with Gasteiger partial charge >= 0.3 is 6.16 Å². The largest absolute Gasteiger partial charge is 0.506 e. The first kappa shape index (κ1) is 16.5. The van der Waals surface area contributed by atoms with Crippen molar-refractivity contribution in [3.05, 3.63) is 27.8 Å². The second-order valence-corrected chi connectivity index (χ2v) is 5.29. The van der Waals surface area contributed by atoms with Crippen LogP contribution in [0.1, 0.15) is 24.5 Å². The summed E-state index contributed by atoms with van der Waals surface area (Å²) in [5, 5.41) is 20.3. The van der Waals surface area contributed by atoms with Crippen molar-refractivity contribution in [3.8, 4) is 11.5 Å². The number of likely N-dealkylation sites (tertiary alicyclic amines) is 1. The fourth-order valence-corrected chi connectivity index (χ4v) is 2.68. The smallest absolute Gasteiger partial charge is 0.454 e. The topological polar surface area (TPSA) is 146 Å². The standard InChI is InChI=1S/C14H12N2O9/c17-12-1-2-13(18)15(12)5-11(25-14(19)20)7-3-9-10(24-6-23-9)4-8(7)16(21)22/h3-4,11H,1-2,5-6H2,(H,19,20). The van der Waals surface area contributed by atoms with Crippen molar-refractivity contribution in [1.29, 1.82) is 0 Å². The molecule has 1 fully saturated rings. The van der Waals surface area contributed by atoms with Crippen LogP contribution >= 0.6 is 0 Å². The molecule has 0 bridgehead atoms. The zero-order chi connectivity index (χ0) is 18.1. The van der Waals surface area contributed by atoms with Crippen LogP contribution < -0.4 is 9.47 Å². The minimum absolute atomic E-state index is 0.00184. The fraction of sp³-hybridized carbons (Fsp3) is 0.357. The van der Waals surface area contributed by atoms with E-state index in [2.05, 4.69) is 0 Å². The lowest BCUT2D eigenvalue weighted by molar-refractivity contribution is -0.386. The molecule has 0 radical (unpaired) electrons. The van der Waals surface area contributed by atoms with Gasteiger partial charge in [-0.15, -0.1) is 0 Å². The van der Waals surface area contributed by atoms with Crippen LogP contribution in [0.2, 0.25) is 0 Å². The van der Waals surface area contributed by atoms with E-state index in [-0.39, 0.29) is 36.7 Å². The maximum absolute atomic E-state index is 11.8. The van der Waals surface area contributed by atoms with Crippen molar-refractivity contribution in [1.82, 2.24) is 4.90 Å². The van der Waals surface area contributed by atoms with E-state index >= 15 is 0 Å². The maximum atomic E-state index is 11.8. The Balaban J connectivity index is 2.01. The molecule has 0 spiro atoms. The lowest BCUT2D eigenvalue weighted by Crippen LogP contribution is -2.34. The number of carboxylic acid groups (broad SMARTS) is 1. The normalized spacial score (nSPS) is 16.9. The molecule has 0 saturated carbocycles. The second kappa shape index (κ2) is 6.26. The van der Waals surface area contributed by atoms with Crippen molar-refractivity contribution < 1.29 is 38.6 Å². The predicted octanol–water partition coefficient (Wildman–Crippen LogP) is 1.21. The van der Waals surface area contributed by atoms with Crippen molar-refractivity contribution in [3.63, 3.8) is 0 Å². The van der Waals surface area contributed by atoms with E-state index in [9.17, 15) is 24.5 Å². The molecule has 1 unspecified atom stereocenters. The van der Waals surface area contributed by atoms with E-state index in [1.54, 1.807) is 0 Å². The molecule has 0 aliphatic carbocycles. The molecule has 1 atom stereocenters. The summed E-state index contributed by atoms with van der Waals surface area (Å²) in [4.78, 5) is 46.0. The van der Waals surface area contributed by atoms with Gasteiger partial charge < -0.3 is 19.3 Å². The first-order valence-electron chi connectivity index (χ1n) is 7.17. The highest BCUT2D eigenvalue weighted by Crippen LogP contribution is 2.41. The highest BCUT2D eigenvalue weighted by Gasteiger charge is 2.36. The zero-order valence-electron chi connectivity index (χ0n) is 12.7. The van der Waals surface area contributed by atoms with Gasteiger partial charge in [-0.2, -0.15) is 0 Å². The van der Waals surface area contributed by atoms with Crippen LogP contribution in [0, 0.1) is 10.1 Å². The predicted molar refractivity (Wildman–Crippen MR) is 77.0 cm³/mol. The fourth-order valence-electron chi connectivity index (χ4n) is 2.68. The second-order valence-electron chi connectivity index (χ2n) is 5.29. The molecule has 1 N–H and O–H groups in total. The third-order valence-electron chi connectivity index (χ3n) is 3.81. The van der Waals surface area contributed by atoms with Gasteiger partial charge in [0.1, 0.15) is 0 Å². The number of rotatable bonds is 5. The van der Waals surface area contributed by atoms with Crippen molar-refractivity contribution >= 4 is 23.7 Å². The third kappa shape index (κ3) is 3.16. The van der Waals surface area contributed by atoms with Gasteiger partial charge in [0.05, 0.1) is 23.1 Å². The van der Waals surface area contributed by atoms with Crippen LogP contribution in [-0.4, -0.2) is 46.2 Å². The van der Waals surface area contributed by atoms with Crippen LogP contribution in [0.15, 0.2) is 12.1 Å². The first-order chi connectivity index (χ1) is 11.9. The van der Waals surface area contributed by atoms with E-state index < -0.39 is 41.2 Å². The number of hydrogen-bond donors (Lipinski definition) is 1. The van der Waals surface area contributed by atoms with Crippen LogP contribution in [0.4, 0.5) is 10.5 Å². The van der Waals surface area contributed by atoms with Crippen LogP contribution in [-0.2, 0) is 14.3 Å². The van der Waals surface area contributed by atoms with E-state index in [4.69, 9.17) is 19.3 Å². The maximum Gasteiger partial charge on any atom is 0.506 e. The number of nitro benzene ring substituents is 1. The van der Waals surface area contributed by atoms with E-state index in [0.717, 1.165) is 11.0 Å². The Morgan fingerprint density at radius 2 is 1.88 bits per heavy atom. The number of nitro groups is 1. The van der Waals surface area contributed by atoms with Gasteiger partial charge in [0.25, 0.3) is 5.69 Å². The number of fused-ring (bicyclic) bond motifs is 1. The SMILES string of the molecule is O=C(O)OC(CN1C(=O)CCC1=O)c1cc2c(cc1[N+](=O)[O-])OCO2. The lowest BCUT2D eigenvalue weighted by atomic mass is 10.1. The molecule has 1 aromatic carbocycles. The lowest BCUT2D eigenvalue weighted by Gasteiger charge is -2.22. The number of hydrogen-bond acceptors (Lipinski definition) is 8. The minimum atomic E-state index is -1.70. The molecule has 1 saturated heterocycles. The van der Waals surface area contributed by atoms with Crippen LogP contribution in [0.3, 0.4) is 0 Å². The molecule has 132 valence electrons. The van der Waals surface area contributed by atoms with Crippen molar-refractivity contribution in [2.24, 2.45) is 0 Å². The number of carbonyl (C=O) groups is 3. The molecule has 11 nitrogen and oxygen atoms in total. The van der Waals surface area contributed by atoms with Gasteiger partial charge in [0.2, 0.25) is 18.6 Å². The first-order valence-corrected chi connectivity index (χ1v) is 7.17. The summed E-state index contributed by atoms with van der Waals surface area (Å²) in [6.07, 6.45) is -3.13. The summed E-state index contributed by atoms with van der Waals surface area (Å²) in [7, 11) is 0. The quantitative estimate of drug-likeness (QED) is 0.357. The molecular formula is C14H12N2O9. The Hall–Kier alpha value is -3.37. The molecule has 0 aromatic heterocycles. The zero-order valence-corrected chi connectivity index (χ0v) is 12.7. The number of ether oxygens (including phenoxy) is 3. The average Bonchev–Trinajstić information content (AvgIpc) is 3.13. The molecule has 2 aliphatic heterocycles. The Bertz CT molecular complexity index is 760.